The number of carbonyl (C=O) groups is 1. The summed E-state index contributed by atoms with van der Waals surface area (Å²) < 4.78 is 13.0. The van der Waals surface area contributed by atoms with Gasteiger partial charge < -0.3 is 0 Å². The van der Waals surface area contributed by atoms with Crippen LogP contribution in [-0.2, 0) is 17.4 Å². The number of carbonyl (C=O) groups excluding carboxylic acids is 1. The Labute approximate surface area is 139 Å². The largest absolute Gasteiger partial charge is 0.458 e. The van der Waals surface area contributed by atoms with Crippen molar-refractivity contribution in [1.29, 1.82) is 0 Å². The lowest BCUT2D eigenvalue weighted by molar-refractivity contribution is 0.107. The van der Waals surface area contributed by atoms with Gasteiger partial charge in [-0.3, -0.25) is 0 Å². The van der Waals surface area contributed by atoms with Gasteiger partial charge in [0.15, 0.2) is 0 Å². The maximum Gasteiger partial charge on any atom is 0.458 e. The molecule has 2 aromatic carbocycles. The lowest BCUT2D eigenvalue weighted by Gasteiger charge is -2.07. The van der Waals surface area contributed by atoms with Crippen LogP contribution in [0.1, 0.15) is 52.0 Å². The Balaban J connectivity index is 2.52. The zero-order valence-corrected chi connectivity index (χ0v) is 15.5. The first kappa shape index (κ1) is 17.6. The van der Waals surface area contributed by atoms with Gasteiger partial charge >= 0.3 is 13.3 Å². The van der Waals surface area contributed by atoms with E-state index in [0.29, 0.717) is 10.9 Å². The molecule has 120 valence electrons. The fraction of sp³-hybridized carbons (Fsp3) is 0.350. The fourth-order valence-electron chi connectivity index (χ4n) is 3.28. The van der Waals surface area contributed by atoms with E-state index in [4.69, 9.17) is 0 Å². The van der Waals surface area contributed by atoms with Gasteiger partial charge in [0.2, 0.25) is 5.30 Å². The Morgan fingerprint density at radius 1 is 1.00 bits per heavy atom. The molecule has 1 atom stereocenters. The van der Waals surface area contributed by atoms with Crippen LogP contribution < -0.4 is 5.30 Å². The summed E-state index contributed by atoms with van der Waals surface area (Å²) in [6.07, 6.45) is 1.68. The van der Waals surface area contributed by atoms with Crippen molar-refractivity contribution in [3.63, 3.8) is 0 Å². The molecule has 2 rings (SSSR count). The van der Waals surface area contributed by atoms with Crippen LogP contribution in [0, 0.1) is 20.8 Å². The summed E-state index contributed by atoms with van der Waals surface area (Å²) in [6.45, 7) is 9.98. The number of aryl methyl sites for hydroxylation is 4. The van der Waals surface area contributed by atoms with Gasteiger partial charge in [0, 0.05) is 5.56 Å². The molecular formula is C20H24O2P+. The van der Waals surface area contributed by atoms with Crippen molar-refractivity contribution in [1.82, 2.24) is 0 Å². The van der Waals surface area contributed by atoms with Crippen LogP contribution in [-0.4, -0.2) is 5.52 Å². The molecule has 0 saturated carbocycles. The van der Waals surface area contributed by atoms with Gasteiger partial charge in [-0.1, -0.05) is 48.2 Å². The van der Waals surface area contributed by atoms with E-state index in [0.717, 1.165) is 35.1 Å². The first-order chi connectivity index (χ1) is 10.9. The number of rotatable bonds is 5. The summed E-state index contributed by atoms with van der Waals surface area (Å²) >= 11 is 0. The third kappa shape index (κ3) is 3.43. The third-order valence-electron chi connectivity index (χ3n) is 4.28. The molecule has 0 aliphatic carbocycles. The van der Waals surface area contributed by atoms with Crippen molar-refractivity contribution in [2.45, 2.75) is 47.5 Å². The molecule has 0 fully saturated rings. The molecule has 0 aliphatic rings. The molecule has 23 heavy (non-hydrogen) atoms. The normalized spacial score (nSPS) is 11.4. The Morgan fingerprint density at radius 3 is 2.13 bits per heavy atom. The standard InChI is InChI=1S/C20H24O2P/c1-6-16-9-8-10-18(17(16)7-2)23(22)20(21)19-14(4)11-13(3)12-15(19)5/h8-12H,6-7H2,1-5H3/q+1. The highest BCUT2D eigenvalue weighted by molar-refractivity contribution is 7.71. The maximum absolute atomic E-state index is 13.0. The first-order valence-corrected chi connectivity index (χ1v) is 9.36. The summed E-state index contributed by atoms with van der Waals surface area (Å²) in [5, 5.41) is 0.700. The highest BCUT2D eigenvalue weighted by Crippen LogP contribution is 2.32. The highest BCUT2D eigenvalue weighted by atomic mass is 31.1. The minimum absolute atomic E-state index is 0.252. The summed E-state index contributed by atoms with van der Waals surface area (Å²) in [5.41, 5.74) is 5.53. The third-order valence-corrected chi connectivity index (χ3v) is 5.73. The van der Waals surface area contributed by atoms with Gasteiger partial charge in [-0.2, -0.15) is 0 Å². The SMILES string of the molecule is CCc1cccc([P+](=O)C(=O)c2c(C)cc(C)cc2C)c1CC. The Hall–Kier alpha value is -1.79. The van der Waals surface area contributed by atoms with Gasteiger partial charge in [-0.15, -0.1) is 0 Å². The fourth-order valence-corrected chi connectivity index (χ4v) is 4.82. The molecule has 2 aromatic rings. The van der Waals surface area contributed by atoms with Crippen LogP contribution in [0.25, 0.3) is 0 Å². The van der Waals surface area contributed by atoms with E-state index in [1.54, 1.807) is 0 Å². The number of hydrogen-bond acceptors (Lipinski definition) is 2. The van der Waals surface area contributed by atoms with Gasteiger partial charge in [0.1, 0.15) is 0 Å². The Morgan fingerprint density at radius 2 is 1.61 bits per heavy atom. The molecule has 0 heterocycles. The van der Waals surface area contributed by atoms with Crippen LogP contribution in [0.3, 0.4) is 0 Å². The average Bonchev–Trinajstić information content (AvgIpc) is 2.52. The summed E-state index contributed by atoms with van der Waals surface area (Å²) in [5.74, 6) is 0. The molecule has 0 saturated heterocycles. The second kappa shape index (κ2) is 7.19. The van der Waals surface area contributed by atoms with Crippen LogP contribution >= 0.6 is 7.80 Å². The minimum atomic E-state index is -2.09. The second-order valence-electron chi connectivity index (χ2n) is 6.00. The average molecular weight is 327 g/mol. The highest BCUT2D eigenvalue weighted by Gasteiger charge is 2.37. The first-order valence-electron chi connectivity index (χ1n) is 8.10. The smallest absolute Gasteiger partial charge is 0.234 e. The topological polar surface area (TPSA) is 34.1 Å². The van der Waals surface area contributed by atoms with Gasteiger partial charge in [-0.25, -0.2) is 4.79 Å². The predicted octanol–water partition coefficient (Wildman–Crippen LogP) is 5.03. The van der Waals surface area contributed by atoms with Crippen molar-refractivity contribution < 1.29 is 9.36 Å². The van der Waals surface area contributed by atoms with Crippen LogP contribution in [0.5, 0.6) is 0 Å². The lowest BCUT2D eigenvalue weighted by Crippen LogP contribution is -2.13. The number of hydrogen-bond donors (Lipinski definition) is 0. The zero-order chi connectivity index (χ0) is 17.1. The quantitative estimate of drug-likeness (QED) is 0.722. The zero-order valence-electron chi connectivity index (χ0n) is 14.6. The minimum Gasteiger partial charge on any atom is -0.234 e. The molecule has 0 aliphatic heterocycles. The summed E-state index contributed by atoms with van der Waals surface area (Å²) in [4.78, 5) is 12.9. The van der Waals surface area contributed by atoms with E-state index in [2.05, 4.69) is 13.0 Å². The van der Waals surface area contributed by atoms with Gasteiger partial charge in [-0.05, 0) is 56.4 Å². The van der Waals surface area contributed by atoms with E-state index < -0.39 is 7.80 Å². The molecule has 0 N–H and O–H groups in total. The summed E-state index contributed by atoms with van der Waals surface area (Å²) in [7, 11) is -2.09. The van der Waals surface area contributed by atoms with E-state index >= 15 is 0 Å². The van der Waals surface area contributed by atoms with Crippen molar-refractivity contribution in [2.24, 2.45) is 0 Å². The predicted molar refractivity (Wildman–Crippen MR) is 97.4 cm³/mol. The van der Waals surface area contributed by atoms with E-state index in [-0.39, 0.29) is 5.52 Å². The molecular weight excluding hydrogens is 303 g/mol. The Kier molecular flexibility index (Phi) is 5.49. The van der Waals surface area contributed by atoms with Crippen molar-refractivity contribution in [3.05, 3.63) is 63.7 Å². The van der Waals surface area contributed by atoms with Crippen molar-refractivity contribution in [3.8, 4) is 0 Å². The van der Waals surface area contributed by atoms with E-state index in [1.807, 2.05) is 52.0 Å². The van der Waals surface area contributed by atoms with Crippen LogP contribution in [0.15, 0.2) is 30.3 Å². The molecule has 2 nitrogen and oxygen atoms in total. The Bertz CT molecular complexity index is 752. The van der Waals surface area contributed by atoms with Crippen molar-refractivity contribution >= 4 is 18.6 Å². The lowest BCUT2D eigenvalue weighted by atomic mass is 10.0. The molecule has 0 amide bonds. The maximum atomic E-state index is 13.0. The van der Waals surface area contributed by atoms with Crippen LogP contribution in [0.4, 0.5) is 0 Å². The van der Waals surface area contributed by atoms with Gasteiger partial charge in [0.25, 0.3) is 0 Å². The molecule has 3 heteroatoms. The van der Waals surface area contributed by atoms with Gasteiger partial charge in [0.05, 0.1) is 5.56 Å². The molecule has 0 spiro atoms. The molecule has 0 radical (unpaired) electrons. The summed E-state index contributed by atoms with van der Waals surface area (Å²) in [6, 6.07) is 9.76. The molecule has 0 bridgehead atoms. The van der Waals surface area contributed by atoms with E-state index in [1.165, 1.54) is 5.56 Å². The van der Waals surface area contributed by atoms with Crippen LogP contribution in [0.2, 0.25) is 0 Å². The number of benzene rings is 2. The van der Waals surface area contributed by atoms with Crippen molar-refractivity contribution in [2.75, 3.05) is 0 Å². The second-order valence-corrected chi connectivity index (χ2v) is 7.47. The monoisotopic (exact) mass is 327 g/mol. The van der Waals surface area contributed by atoms with E-state index in [9.17, 15) is 9.36 Å². The molecule has 1 unspecified atom stereocenters. The molecule has 0 aromatic heterocycles.